The van der Waals surface area contributed by atoms with E-state index in [2.05, 4.69) is 319 Å². The van der Waals surface area contributed by atoms with Gasteiger partial charge in [-0.2, -0.15) is 0 Å². The van der Waals surface area contributed by atoms with Crippen molar-refractivity contribution in [3.05, 3.63) is 243 Å². The van der Waals surface area contributed by atoms with Crippen LogP contribution in [0.4, 0.5) is 45.5 Å². The molecule has 1 aliphatic carbocycles. The first-order valence-electron chi connectivity index (χ1n) is 33.7. The van der Waals surface area contributed by atoms with Crippen LogP contribution in [0.2, 0.25) is 0 Å². The molecule has 6 heterocycles. The largest absolute Gasteiger partial charge is 0.355 e. The van der Waals surface area contributed by atoms with Crippen LogP contribution in [0.5, 0.6) is 0 Å². The Morgan fingerprint density at radius 1 is 0.223 bits per heavy atom. The van der Waals surface area contributed by atoms with E-state index in [1.165, 1.54) is 131 Å². The van der Waals surface area contributed by atoms with Crippen molar-refractivity contribution in [3.8, 4) is 0 Å². The van der Waals surface area contributed by atoms with Gasteiger partial charge in [0, 0.05) is 203 Å². The summed E-state index contributed by atoms with van der Waals surface area (Å²) >= 11 is 0. The molecular formula is C84H70N10. The zero-order valence-electron chi connectivity index (χ0n) is 53.2. The molecule has 0 bridgehead atoms. The van der Waals surface area contributed by atoms with Crippen LogP contribution >= 0.6 is 0 Å². The standard InChI is InChI=1S/C84H70N10/c1-5-89-71-21-13-9-17-59(71)63-43-51(25-33-75(63)89)85-55-29-37-79-67(47-55)68-48-56(86-52-26-34-76-64(44-52)60-18-10-14-22-72(60)90(76)6-2)30-38-80(68)93(79)83-41-42-84(83)94-81-39-31-57(87-53-27-35-77-65(45-53)61-19-11-15-23-73(61)91(77)7-3)49-69(81)70-50-58(32-40-82(70)94)88-54-28-36-78-66(46-54)62-20-12-16-24-74(62)92(78)8-4/h9-40,43-50,83-88H,5-8,41-42H2,1-4H3. The summed E-state index contributed by atoms with van der Waals surface area (Å²) in [6, 6.07) is 91.1. The van der Waals surface area contributed by atoms with Crippen molar-refractivity contribution in [1.82, 2.24) is 27.4 Å². The second-order valence-electron chi connectivity index (χ2n) is 25.9. The molecule has 18 aromatic rings. The van der Waals surface area contributed by atoms with E-state index in [9.17, 15) is 0 Å². The molecule has 10 nitrogen and oxygen atoms in total. The highest BCUT2D eigenvalue weighted by Gasteiger charge is 2.38. The fraction of sp³-hybridized carbons (Fsp3) is 0.143. The molecule has 12 aromatic carbocycles. The Morgan fingerprint density at radius 2 is 0.404 bits per heavy atom. The minimum atomic E-state index is 0.178. The molecular weight excluding hydrogens is 1150 g/mol. The van der Waals surface area contributed by atoms with Crippen molar-refractivity contribution < 1.29 is 0 Å². The van der Waals surface area contributed by atoms with E-state index in [0.29, 0.717) is 0 Å². The second kappa shape index (κ2) is 21.1. The van der Waals surface area contributed by atoms with Crippen LogP contribution in [-0.2, 0) is 26.2 Å². The Morgan fingerprint density at radius 3 is 0.606 bits per heavy atom. The number of anilines is 8. The molecule has 0 spiro atoms. The molecule has 0 saturated heterocycles. The molecule has 1 saturated carbocycles. The van der Waals surface area contributed by atoms with Crippen LogP contribution in [0.3, 0.4) is 0 Å². The zero-order valence-corrected chi connectivity index (χ0v) is 53.2. The average Bonchev–Trinajstić information content (AvgIpc) is 1.54. The lowest BCUT2D eigenvalue weighted by molar-refractivity contribution is 0.205. The number of benzene rings is 12. The topological polar surface area (TPSA) is 77.7 Å². The van der Waals surface area contributed by atoms with Gasteiger partial charge in [0.15, 0.2) is 0 Å². The lowest BCUT2D eigenvalue weighted by Crippen LogP contribution is -2.31. The van der Waals surface area contributed by atoms with Gasteiger partial charge in [0.1, 0.15) is 0 Å². The van der Waals surface area contributed by atoms with Gasteiger partial charge in [0.2, 0.25) is 0 Å². The maximum absolute atomic E-state index is 3.90. The molecule has 0 radical (unpaired) electrons. The summed E-state index contributed by atoms with van der Waals surface area (Å²) in [5.74, 6) is 0. The van der Waals surface area contributed by atoms with E-state index in [0.717, 1.165) is 84.5 Å². The Bertz CT molecular complexity index is 5420. The lowest BCUT2D eigenvalue weighted by Gasteiger charge is -2.40. The molecule has 10 heteroatoms. The quantitative estimate of drug-likeness (QED) is 0.0875. The van der Waals surface area contributed by atoms with Crippen molar-refractivity contribution in [1.29, 1.82) is 0 Å². The SMILES string of the molecule is CCn1c2ccccc2c2cc(Nc3ccc4c(c3)c3cc(Nc5ccc6c(c5)c5ccccc5n6CC)ccc3n4C3CCC3n3c4ccc(Nc5ccc6c(c5)c5ccccc5n6CC)cc4c4cc(Nc5ccc6c(c5)c5ccccc5n6CC)ccc43)ccc21. The Hall–Kier alpha value is -11.4. The third kappa shape index (κ3) is 8.21. The number of fused-ring (bicyclic) bond motifs is 18. The van der Waals surface area contributed by atoms with Gasteiger partial charge >= 0.3 is 0 Å². The Balaban J connectivity index is 0.737. The van der Waals surface area contributed by atoms with Gasteiger partial charge in [-0.25, -0.2) is 0 Å². The second-order valence-corrected chi connectivity index (χ2v) is 25.9. The molecule has 0 amide bonds. The molecule has 0 aliphatic heterocycles. The Kier molecular flexibility index (Phi) is 12.2. The van der Waals surface area contributed by atoms with Crippen molar-refractivity contribution in [2.24, 2.45) is 0 Å². The molecule has 2 atom stereocenters. The highest BCUT2D eigenvalue weighted by molar-refractivity contribution is 6.15. The van der Waals surface area contributed by atoms with E-state index >= 15 is 0 Å². The molecule has 6 aromatic heterocycles. The van der Waals surface area contributed by atoms with Crippen molar-refractivity contribution >= 4 is 176 Å². The normalized spacial score (nSPS) is 14.5. The van der Waals surface area contributed by atoms with Gasteiger partial charge in [-0.15, -0.1) is 0 Å². The summed E-state index contributed by atoms with van der Waals surface area (Å²) in [4.78, 5) is 0. The number of hydrogen-bond donors (Lipinski definition) is 4. The predicted molar refractivity (Wildman–Crippen MR) is 400 cm³/mol. The molecule has 4 N–H and O–H groups in total. The minimum Gasteiger partial charge on any atom is -0.355 e. The monoisotopic (exact) mass is 1220 g/mol. The third-order valence-electron chi connectivity index (χ3n) is 21.0. The predicted octanol–water partition coefficient (Wildman–Crippen LogP) is 23.0. The summed E-state index contributed by atoms with van der Waals surface area (Å²) in [5, 5.41) is 30.7. The maximum atomic E-state index is 3.90. The van der Waals surface area contributed by atoms with E-state index in [-0.39, 0.29) is 12.1 Å². The molecule has 94 heavy (non-hydrogen) atoms. The van der Waals surface area contributed by atoms with Gasteiger partial charge in [-0.1, -0.05) is 72.8 Å². The zero-order chi connectivity index (χ0) is 62.4. The number of para-hydroxylation sites is 4. The number of hydrogen-bond acceptors (Lipinski definition) is 4. The number of aryl methyl sites for hydroxylation is 4. The number of rotatable bonds is 14. The summed E-state index contributed by atoms with van der Waals surface area (Å²) in [6.07, 6.45) is 2.10. The fourth-order valence-corrected chi connectivity index (χ4v) is 16.8. The van der Waals surface area contributed by atoms with Crippen molar-refractivity contribution in [2.75, 3.05) is 21.3 Å². The molecule has 456 valence electrons. The van der Waals surface area contributed by atoms with E-state index in [4.69, 9.17) is 0 Å². The van der Waals surface area contributed by atoms with Gasteiger partial charge in [-0.3, -0.25) is 0 Å². The highest BCUT2D eigenvalue weighted by Crippen LogP contribution is 2.51. The van der Waals surface area contributed by atoms with Crippen LogP contribution in [-0.4, -0.2) is 27.4 Å². The van der Waals surface area contributed by atoms with Crippen LogP contribution in [0.1, 0.15) is 52.6 Å². The van der Waals surface area contributed by atoms with Crippen LogP contribution in [0, 0.1) is 0 Å². The lowest BCUT2D eigenvalue weighted by atomic mass is 9.85. The summed E-state index contributed by atoms with van der Waals surface area (Å²) in [5.41, 5.74) is 23.6. The maximum Gasteiger partial charge on any atom is 0.0551 e. The van der Waals surface area contributed by atoms with Crippen molar-refractivity contribution in [3.63, 3.8) is 0 Å². The van der Waals surface area contributed by atoms with Crippen molar-refractivity contribution in [2.45, 2.75) is 78.8 Å². The number of aromatic nitrogens is 6. The number of nitrogens with zero attached hydrogens (tertiary/aromatic N) is 6. The molecule has 1 aliphatic rings. The summed E-state index contributed by atoms with van der Waals surface area (Å²) in [7, 11) is 0. The summed E-state index contributed by atoms with van der Waals surface area (Å²) in [6.45, 7) is 12.6. The minimum absolute atomic E-state index is 0.178. The van der Waals surface area contributed by atoms with Gasteiger partial charge < -0.3 is 48.7 Å². The van der Waals surface area contributed by atoms with Crippen LogP contribution < -0.4 is 21.3 Å². The van der Waals surface area contributed by atoms with Crippen LogP contribution in [0.25, 0.3) is 131 Å². The Labute approximate surface area is 543 Å². The average molecular weight is 1220 g/mol. The number of nitrogens with one attached hydrogen (secondary N) is 4. The van der Waals surface area contributed by atoms with E-state index < -0.39 is 0 Å². The highest BCUT2D eigenvalue weighted by atomic mass is 15.1. The van der Waals surface area contributed by atoms with E-state index in [1.54, 1.807) is 0 Å². The molecule has 2 unspecified atom stereocenters. The van der Waals surface area contributed by atoms with Gasteiger partial charge in [0.25, 0.3) is 0 Å². The summed E-state index contributed by atoms with van der Waals surface area (Å²) < 4.78 is 15.0. The molecule has 1 fully saturated rings. The fourth-order valence-electron chi connectivity index (χ4n) is 16.8. The third-order valence-corrected chi connectivity index (χ3v) is 21.0. The van der Waals surface area contributed by atoms with Crippen LogP contribution in [0.15, 0.2) is 243 Å². The van der Waals surface area contributed by atoms with Gasteiger partial charge in [0.05, 0.1) is 12.1 Å². The van der Waals surface area contributed by atoms with Gasteiger partial charge in [-0.05, 0) is 210 Å². The first kappa shape index (κ1) is 54.4. The van der Waals surface area contributed by atoms with E-state index in [1.807, 2.05) is 0 Å². The smallest absolute Gasteiger partial charge is 0.0551 e. The first-order chi connectivity index (χ1) is 46.4. The first-order valence-corrected chi connectivity index (χ1v) is 33.7. The molecule has 19 rings (SSSR count).